The number of benzene rings is 9. The highest BCUT2D eigenvalue weighted by atomic mass is 16.5. The van der Waals surface area contributed by atoms with Gasteiger partial charge in [0.25, 0.3) is 6.33 Å². The van der Waals surface area contributed by atoms with Crippen molar-refractivity contribution in [3.8, 4) is 84.3 Å². The zero-order valence-electron chi connectivity index (χ0n) is 75.4. The van der Waals surface area contributed by atoms with Crippen LogP contribution in [0.4, 0.5) is 0 Å². The van der Waals surface area contributed by atoms with Crippen LogP contribution in [0.1, 0.15) is 167 Å². The molecule has 0 amide bonds. The normalized spacial score (nSPS) is 20.9. The molecule has 0 bridgehead atoms. The van der Waals surface area contributed by atoms with Crippen LogP contribution in [0.15, 0.2) is 200 Å². The summed E-state index contributed by atoms with van der Waals surface area (Å²) in [5.41, 5.74) is -11.9. The summed E-state index contributed by atoms with van der Waals surface area (Å²) in [7, 11) is 0. The van der Waals surface area contributed by atoms with Crippen molar-refractivity contribution in [2.75, 3.05) is 0 Å². The minimum atomic E-state index is -4.69. The third-order valence-electron chi connectivity index (χ3n) is 16.2. The van der Waals surface area contributed by atoms with Gasteiger partial charge in [-0.15, -0.1) is 0 Å². The van der Waals surface area contributed by atoms with Crippen LogP contribution in [0.25, 0.3) is 106 Å². The van der Waals surface area contributed by atoms with Gasteiger partial charge in [0, 0.05) is 45.0 Å². The molecule has 5 nitrogen and oxygen atoms in total. The maximum Gasteiger partial charge on any atom is 0.269 e. The number of imidazole rings is 1. The van der Waals surface area contributed by atoms with Crippen molar-refractivity contribution in [2.45, 2.75) is 130 Å². The Balaban J connectivity index is 1.19. The summed E-state index contributed by atoms with van der Waals surface area (Å²) in [6, 6.07) is 26.5. The molecule has 2 aliphatic rings. The molecule has 9 aromatic carbocycles. The summed E-state index contributed by atoms with van der Waals surface area (Å²) in [6.07, 6.45) is -4.06. The first-order valence-electron chi connectivity index (χ1n) is 41.6. The summed E-state index contributed by atoms with van der Waals surface area (Å²) in [5, 5.41) is 1.81. The molecule has 0 unspecified atom stereocenters. The molecule has 422 valence electrons. The topological polar surface area (TPSA) is 35.9 Å². The first kappa shape index (κ1) is 31.9. The second-order valence-corrected chi connectivity index (χ2v) is 25.2. The van der Waals surface area contributed by atoms with Gasteiger partial charge >= 0.3 is 0 Å². The van der Waals surface area contributed by atoms with E-state index in [1.165, 1.54) is 15.2 Å². The molecule has 5 heteroatoms. The molecule has 0 saturated carbocycles. The van der Waals surface area contributed by atoms with Crippen LogP contribution in [0.2, 0.25) is 0 Å². The predicted octanol–water partition coefficient (Wildman–Crippen LogP) is 20.9. The van der Waals surface area contributed by atoms with Gasteiger partial charge in [0.2, 0.25) is 0 Å². The number of hydrogen-bond donors (Lipinski definition) is 0. The lowest BCUT2D eigenvalue weighted by Gasteiger charge is -2.42. The Bertz CT molecular complexity index is 5970. The van der Waals surface area contributed by atoms with E-state index in [0.29, 0.717) is 22.7 Å². The van der Waals surface area contributed by atoms with Gasteiger partial charge in [-0.05, 0) is 178 Å². The Hall–Kier alpha value is -8.80. The molecule has 12 aromatic rings. The summed E-state index contributed by atoms with van der Waals surface area (Å²) < 4.78 is 268. The Morgan fingerprint density at radius 3 is 1.84 bits per heavy atom. The van der Waals surface area contributed by atoms with E-state index in [-0.39, 0.29) is 50.3 Å². The van der Waals surface area contributed by atoms with Gasteiger partial charge in [0.05, 0.1) is 48.5 Å². The van der Waals surface area contributed by atoms with E-state index in [0.717, 1.165) is 44.6 Å². The number of rotatable bonds is 6. The lowest BCUT2D eigenvalue weighted by Crippen LogP contribution is -2.33. The molecule has 0 N–H and O–H groups in total. The molecule has 85 heavy (non-hydrogen) atoms. The third-order valence-corrected chi connectivity index (χ3v) is 16.2. The van der Waals surface area contributed by atoms with Gasteiger partial charge in [0.1, 0.15) is 17.3 Å². The van der Waals surface area contributed by atoms with E-state index in [1.807, 2.05) is 107 Å². The Labute approximate surface area is 540 Å². The van der Waals surface area contributed by atoms with Crippen LogP contribution in [0.3, 0.4) is 0 Å². The number of aromatic nitrogens is 4. The van der Waals surface area contributed by atoms with Gasteiger partial charge in [-0.2, -0.15) is 0 Å². The van der Waals surface area contributed by atoms with Crippen molar-refractivity contribution in [3.63, 3.8) is 0 Å². The van der Waals surface area contributed by atoms with Gasteiger partial charge in [-0.25, -0.2) is 4.98 Å². The zero-order valence-corrected chi connectivity index (χ0v) is 48.4. The number of nitrogens with zero attached hydrogens (tertiary/aromatic N) is 4. The smallest absolute Gasteiger partial charge is 0.269 e. The molecule has 0 radical (unpaired) electrons. The van der Waals surface area contributed by atoms with E-state index >= 15 is 0 Å². The molecule has 3 aromatic heterocycles. The van der Waals surface area contributed by atoms with E-state index in [4.69, 9.17) is 26.2 Å². The first-order chi connectivity index (χ1) is 51.6. The minimum Gasteiger partial charge on any atom is -0.458 e. The number of pyridine rings is 1. The third kappa shape index (κ3) is 9.21. The van der Waals surface area contributed by atoms with Crippen LogP contribution in [0, 0.1) is 6.33 Å². The highest BCUT2D eigenvalue weighted by molar-refractivity contribution is 6.09. The molecule has 0 atom stereocenters. The van der Waals surface area contributed by atoms with Crippen molar-refractivity contribution in [3.05, 3.63) is 234 Å². The molecule has 0 fully saturated rings. The number of hydrogen-bond acceptors (Lipinski definition) is 2. The van der Waals surface area contributed by atoms with Crippen molar-refractivity contribution in [2.24, 2.45) is 0 Å². The molecular formula is C80H76N4O. The first-order valence-corrected chi connectivity index (χ1v) is 28.1. The Morgan fingerprint density at radius 1 is 0.518 bits per heavy atom. The van der Waals surface area contributed by atoms with E-state index in [9.17, 15) is 20.6 Å². The second kappa shape index (κ2) is 19.4. The molecule has 0 saturated heterocycles. The number of ether oxygens (including phenoxy) is 1. The lowest BCUT2D eigenvalue weighted by molar-refractivity contribution is -0.570. The Kier molecular flexibility index (Phi) is 7.27. The van der Waals surface area contributed by atoms with E-state index in [2.05, 4.69) is 33.2 Å². The van der Waals surface area contributed by atoms with Crippen molar-refractivity contribution >= 4 is 32.8 Å². The predicted molar refractivity (Wildman–Crippen MR) is 354 cm³/mol. The fraction of sp³-hybridized carbons (Fsp3) is 0.250. The highest BCUT2D eigenvalue weighted by Gasteiger charge is 2.38. The van der Waals surface area contributed by atoms with Gasteiger partial charge in [-0.1, -0.05) is 223 Å². The molecule has 14 rings (SSSR count). The quantitative estimate of drug-likeness (QED) is 0.123. The molecular weight excluding hydrogens is 1030 g/mol. The standard InChI is InChI=1S/C80H76N4O/c1-76(2,3)53-36-39-81-73(46-53)84-70-31-19-18-28-64(70)65-34-33-58(48-71(65)84)85-57-23-20-22-56(47-57)82-49-83-74-59(52-40-54(77(4,5)6)45-55(41-52)78(7,8)9)29-21-30-66(74)62-26-16-14-24-60(62)61-25-15-17-27-63(61)67-42-51(44-72(82)75(67)83)50-32-35-68-69(43-50)80(12,13)38-37-79(68,10)11/h14-36,39-48H,37-38H2,1-13H3/i10D3,11D3,12D3,13D3,14D,15D,16D,17D,24D,25D,26D,27D,32D,35D,37D2,38D2,43D. The van der Waals surface area contributed by atoms with Crippen molar-refractivity contribution in [1.29, 1.82) is 0 Å². The van der Waals surface area contributed by atoms with Gasteiger partial charge in [-0.3, -0.25) is 13.7 Å². The minimum absolute atomic E-state index is 0.0704. The maximum atomic E-state index is 10.5. The van der Waals surface area contributed by atoms with Gasteiger partial charge < -0.3 is 4.74 Å². The monoisotopic (exact) mass is 1140 g/mol. The summed E-state index contributed by atoms with van der Waals surface area (Å²) in [6.45, 7) is 0.938. The van der Waals surface area contributed by atoms with Crippen LogP contribution in [-0.2, 0) is 27.1 Å². The highest BCUT2D eigenvalue weighted by Crippen LogP contribution is 2.50. The molecule has 4 heterocycles. The summed E-state index contributed by atoms with van der Waals surface area (Å²) >= 11 is 0. The van der Waals surface area contributed by atoms with E-state index in [1.54, 1.807) is 54.7 Å². The van der Waals surface area contributed by atoms with Crippen LogP contribution >= 0.6 is 0 Å². The fourth-order valence-corrected chi connectivity index (χ4v) is 11.7. The van der Waals surface area contributed by atoms with E-state index < -0.39 is 167 Å². The van der Waals surface area contributed by atoms with Crippen LogP contribution in [0.5, 0.6) is 11.5 Å². The molecule has 1 aliphatic carbocycles. The lowest BCUT2D eigenvalue weighted by atomic mass is 9.63. The maximum absolute atomic E-state index is 10.5. The number of para-hydroxylation sites is 2. The van der Waals surface area contributed by atoms with Crippen molar-refractivity contribution < 1.29 is 46.3 Å². The second-order valence-electron chi connectivity index (χ2n) is 25.2. The van der Waals surface area contributed by atoms with Crippen molar-refractivity contribution in [1.82, 2.24) is 14.1 Å². The van der Waals surface area contributed by atoms with Gasteiger partial charge in [0.15, 0.2) is 0 Å². The Morgan fingerprint density at radius 2 is 1.14 bits per heavy atom. The average Bonchev–Trinajstić information content (AvgIpc) is 0.704. The summed E-state index contributed by atoms with van der Waals surface area (Å²) in [4.78, 5) is 4.85. The fourth-order valence-electron chi connectivity index (χ4n) is 11.7. The number of fused-ring (bicyclic) bond motifs is 11. The largest absolute Gasteiger partial charge is 0.458 e. The molecule has 0 spiro atoms. The average molecular weight is 1140 g/mol. The van der Waals surface area contributed by atoms with Crippen LogP contribution in [-0.4, -0.2) is 14.1 Å². The summed E-state index contributed by atoms with van der Waals surface area (Å²) in [5.74, 6) is 1.17. The zero-order chi connectivity index (χ0) is 82.3. The van der Waals surface area contributed by atoms with Crippen LogP contribution < -0.4 is 9.30 Å². The molecule has 1 aliphatic heterocycles. The SMILES string of the molecule is [2H]c1c([2H])c([2H])c2c(c1[2H])-c1cccc(-c3cc(C(C)(C)C)cc(C(C)(C)C)c3)c1-[n+]1[c-]n(-c3cccc(Oc4ccc5c6ccccc6n(-c6cc(C(C)(C)C)ccn6)c5c4)c3)c3cc(-c4c([2H])c([2H])c5c(c4[2H])C(C([2H])([2H])[2H])(C([2H])([2H])[2H])C([2H])([2H])C([2H])([2H])C5(C([2H])([2H])[2H])C([2H])([2H])[2H])cc(c31)-c1c([2H])c([2H])c([2H])c([2H])c1-2.